The van der Waals surface area contributed by atoms with Gasteiger partial charge in [-0.15, -0.1) is 0 Å². The van der Waals surface area contributed by atoms with Gasteiger partial charge >= 0.3 is 0 Å². The van der Waals surface area contributed by atoms with Crippen LogP contribution in [0.3, 0.4) is 0 Å². The first-order valence-corrected chi connectivity index (χ1v) is 8.11. The molecule has 0 spiro atoms. The predicted molar refractivity (Wildman–Crippen MR) is 87.8 cm³/mol. The number of amides is 2. The smallest absolute Gasteiger partial charge is 0.220 e. The monoisotopic (exact) mass is 314 g/mol. The molecule has 4 nitrogen and oxygen atoms in total. The van der Waals surface area contributed by atoms with E-state index in [1.54, 1.807) is 0 Å². The van der Waals surface area contributed by atoms with Crippen LogP contribution in [0.5, 0.6) is 0 Å². The first kappa shape index (κ1) is 20.6. The maximum Gasteiger partial charge on any atom is 0.220 e. The third kappa shape index (κ3) is 11.3. The van der Waals surface area contributed by atoms with E-state index in [4.69, 9.17) is 5.73 Å². The third-order valence-electron chi connectivity index (χ3n) is 3.15. The van der Waals surface area contributed by atoms with Crippen LogP contribution in [-0.2, 0) is 9.59 Å². The van der Waals surface area contributed by atoms with Crippen molar-refractivity contribution in [3.05, 3.63) is 11.9 Å². The summed E-state index contributed by atoms with van der Waals surface area (Å²) in [5, 5.41) is 2.58. The highest BCUT2D eigenvalue weighted by Gasteiger charge is 2.21. The fraction of sp³-hybridized carbons (Fsp3) is 0.765. The van der Waals surface area contributed by atoms with Crippen LogP contribution in [0.1, 0.15) is 72.6 Å². The summed E-state index contributed by atoms with van der Waals surface area (Å²) in [5.74, 6) is -1.38. The first-order valence-electron chi connectivity index (χ1n) is 8.11. The Morgan fingerprint density at radius 2 is 1.77 bits per heavy atom. The highest BCUT2D eigenvalue weighted by molar-refractivity contribution is 5.79. The van der Waals surface area contributed by atoms with E-state index in [0.29, 0.717) is 6.42 Å². The van der Waals surface area contributed by atoms with Gasteiger partial charge in [-0.3, -0.25) is 9.59 Å². The zero-order chi connectivity index (χ0) is 17.2. The molecule has 0 aliphatic carbocycles. The van der Waals surface area contributed by atoms with E-state index in [1.165, 1.54) is 6.08 Å². The van der Waals surface area contributed by atoms with Gasteiger partial charge in [0, 0.05) is 6.42 Å². The molecule has 0 fully saturated rings. The molecule has 1 atom stereocenters. The summed E-state index contributed by atoms with van der Waals surface area (Å²) >= 11 is 0. The Labute approximate surface area is 133 Å². The lowest BCUT2D eigenvalue weighted by atomic mass is 9.94. The third-order valence-corrected chi connectivity index (χ3v) is 3.15. The molecule has 0 unspecified atom stereocenters. The summed E-state index contributed by atoms with van der Waals surface area (Å²) in [7, 11) is 0. The van der Waals surface area contributed by atoms with E-state index in [-0.39, 0.29) is 17.7 Å². The molecule has 0 heterocycles. The van der Waals surface area contributed by atoms with Gasteiger partial charge < -0.3 is 11.1 Å². The number of rotatable bonds is 10. The maximum atomic E-state index is 14.2. The van der Waals surface area contributed by atoms with Gasteiger partial charge in [-0.1, -0.05) is 53.4 Å². The lowest BCUT2D eigenvalue weighted by molar-refractivity contribution is -0.122. The molecule has 0 aromatic rings. The molecule has 2 amide bonds. The molecule has 3 N–H and O–H groups in total. The Kier molecular flexibility index (Phi) is 9.70. The summed E-state index contributed by atoms with van der Waals surface area (Å²) < 4.78 is 14.2. The molecular formula is C17H31FN2O2. The number of primary amides is 1. The maximum absolute atomic E-state index is 14.2. The van der Waals surface area contributed by atoms with Crippen molar-refractivity contribution in [2.45, 2.75) is 78.7 Å². The number of nitrogens with one attached hydrogen (secondary N) is 1. The summed E-state index contributed by atoms with van der Waals surface area (Å²) in [6.45, 7) is 7.68. The number of halogens is 1. The number of unbranched alkanes of at least 4 members (excludes halogenated alkanes) is 4. The normalized spacial score (nSPS) is 13.8. The molecule has 0 rings (SSSR count). The zero-order valence-corrected chi connectivity index (χ0v) is 14.4. The predicted octanol–water partition coefficient (Wildman–Crippen LogP) is 3.61. The molecule has 5 heteroatoms. The van der Waals surface area contributed by atoms with E-state index in [1.807, 2.05) is 20.8 Å². The topological polar surface area (TPSA) is 72.2 Å². The number of hydrogen-bond acceptors (Lipinski definition) is 2. The van der Waals surface area contributed by atoms with Crippen LogP contribution in [0, 0.1) is 5.41 Å². The summed E-state index contributed by atoms with van der Waals surface area (Å²) in [4.78, 5) is 23.0. The highest BCUT2D eigenvalue weighted by Crippen LogP contribution is 2.21. The quantitative estimate of drug-likeness (QED) is 0.605. The molecule has 22 heavy (non-hydrogen) atoms. The molecule has 0 saturated carbocycles. The molecule has 0 aliphatic rings. The Hall–Kier alpha value is -1.39. The van der Waals surface area contributed by atoms with Gasteiger partial charge in [0.15, 0.2) is 0 Å². The van der Waals surface area contributed by atoms with Gasteiger partial charge in [0.2, 0.25) is 11.8 Å². The molecule has 0 aromatic heterocycles. The number of hydrogen-bond donors (Lipinski definition) is 2. The SMILES string of the molecule is CCCCCCCC(=O)N[C@H](CC(N)=O)/C(F)=C\C(C)(C)C. The summed E-state index contributed by atoms with van der Waals surface area (Å²) in [6.07, 6.45) is 6.73. The second-order valence-electron chi connectivity index (χ2n) is 6.85. The van der Waals surface area contributed by atoms with Crippen LogP contribution >= 0.6 is 0 Å². The van der Waals surface area contributed by atoms with Crippen molar-refractivity contribution in [3.63, 3.8) is 0 Å². The summed E-state index contributed by atoms with van der Waals surface area (Å²) in [5.41, 5.74) is 4.77. The van der Waals surface area contributed by atoms with Gasteiger partial charge in [-0.05, 0) is 17.9 Å². The molecule has 0 radical (unpaired) electrons. The summed E-state index contributed by atoms with van der Waals surface area (Å²) in [6, 6.07) is -0.958. The van der Waals surface area contributed by atoms with Crippen molar-refractivity contribution in [2.75, 3.05) is 0 Å². The lowest BCUT2D eigenvalue weighted by Crippen LogP contribution is -2.38. The first-order chi connectivity index (χ1) is 10.2. The molecule has 0 bridgehead atoms. The fourth-order valence-electron chi connectivity index (χ4n) is 2.09. The van der Waals surface area contributed by atoms with E-state index < -0.39 is 17.8 Å². The van der Waals surface area contributed by atoms with E-state index in [2.05, 4.69) is 12.2 Å². The number of carbonyl (C=O) groups excluding carboxylic acids is 2. The molecular weight excluding hydrogens is 283 g/mol. The fourth-order valence-corrected chi connectivity index (χ4v) is 2.09. The standard InChI is InChI=1S/C17H31FN2O2/c1-5-6-7-8-9-10-16(22)20-14(11-15(19)21)13(18)12-17(2,3)4/h12,14H,5-11H2,1-4H3,(H2,19,21)(H,20,22)/b13-12+/t14-/m1/s1. The van der Waals surface area contributed by atoms with Crippen LogP contribution in [0.2, 0.25) is 0 Å². The molecule has 0 aliphatic heterocycles. The average Bonchev–Trinajstić information content (AvgIpc) is 2.35. The average molecular weight is 314 g/mol. The molecule has 128 valence electrons. The van der Waals surface area contributed by atoms with Crippen LogP contribution in [0.4, 0.5) is 4.39 Å². The minimum absolute atomic E-state index is 0.222. The molecule has 0 aromatic carbocycles. The largest absolute Gasteiger partial charge is 0.370 e. The van der Waals surface area contributed by atoms with Crippen LogP contribution in [0.25, 0.3) is 0 Å². The number of carbonyl (C=O) groups is 2. The van der Waals surface area contributed by atoms with Gasteiger partial charge in [-0.2, -0.15) is 0 Å². The van der Waals surface area contributed by atoms with Crippen molar-refractivity contribution in [1.82, 2.24) is 5.32 Å². The highest BCUT2D eigenvalue weighted by atomic mass is 19.1. The Morgan fingerprint density at radius 1 is 1.18 bits per heavy atom. The lowest BCUT2D eigenvalue weighted by Gasteiger charge is -2.19. The molecule has 0 saturated heterocycles. The van der Waals surface area contributed by atoms with Crippen molar-refractivity contribution in [3.8, 4) is 0 Å². The Balaban J connectivity index is 4.50. The Morgan fingerprint density at radius 3 is 2.27 bits per heavy atom. The zero-order valence-electron chi connectivity index (χ0n) is 14.4. The van der Waals surface area contributed by atoms with Crippen molar-refractivity contribution < 1.29 is 14.0 Å². The van der Waals surface area contributed by atoms with E-state index in [0.717, 1.165) is 32.1 Å². The van der Waals surface area contributed by atoms with Gasteiger partial charge in [0.25, 0.3) is 0 Å². The second kappa shape index (κ2) is 10.4. The van der Waals surface area contributed by atoms with E-state index >= 15 is 0 Å². The van der Waals surface area contributed by atoms with Crippen molar-refractivity contribution >= 4 is 11.8 Å². The van der Waals surface area contributed by atoms with Crippen molar-refractivity contribution in [1.29, 1.82) is 0 Å². The van der Waals surface area contributed by atoms with Crippen LogP contribution in [0.15, 0.2) is 11.9 Å². The van der Waals surface area contributed by atoms with Crippen molar-refractivity contribution in [2.24, 2.45) is 11.1 Å². The van der Waals surface area contributed by atoms with Gasteiger partial charge in [0.1, 0.15) is 5.83 Å². The number of nitrogens with two attached hydrogens (primary N) is 1. The second-order valence-corrected chi connectivity index (χ2v) is 6.85. The van der Waals surface area contributed by atoms with Gasteiger partial charge in [-0.25, -0.2) is 4.39 Å². The van der Waals surface area contributed by atoms with Crippen LogP contribution in [-0.4, -0.2) is 17.9 Å². The minimum Gasteiger partial charge on any atom is -0.370 e. The van der Waals surface area contributed by atoms with Gasteiger partial charge in [0.05, 0.1) is 12.5 Å². The number of allylic oxidation sites excluding steroid dienone is 1. The van der Waals surface area contributed by atoms with E-state index in [9.17, 15) is 14.0 Å². The Bertz CT molecular complexity index is 387. The minimum atomic E-state index is -0.958. The van der Waals surface area contributed by atoms with Crippen LogP contribution < -0.4 is 11.1 Å².